The highest BCUT2D eigenvalue weighted by atomic mass is 35.5. The second-order valence-corrected chi connectivity index (χ2v) is 11.8. The van der Waals surface area contributed by atoms with E-state index in [0.717, 1.165) is 30.6 Å². The smallest absolute Gasteiger partial charge is 0.490 e. The average Bonchev–Trinajstić information content (AvgIpc) is 2.95. The maximum absolute atomic E-state index is 13.6. The van der Waals surface area contributed by atoms with Crippen LogP contribution >= 0.6 is 11.6 Å². The van der Waals surface area contributed by atoms with Crippen LogP contribution in [0.25, 0.3) is 0 Å². The number of benzene rings is 2. The highest BCUT2D eigenvalue weighted by molar-refractivity contribution is 6.30. The van der Waals surface area contributed by atoms with Crippen LogP contribution < -0.4 is 10.1 Å². The topological polar surface area (TPSA) is 157 Å². The Morgan fingerprint density at radius 1 is 0.958 bits per heavy atom. The third kappa shape index (κ3) is 16.0. The highest BCUT2D eigenvalue weighted by Gasteiger charge is 2.39. The number of carboxylic acids is 3. The molecule has 48 heavy (non-hydrogen) atoms. The van der Waals surface area contributed by atoms with E-state index >= 15 is 0 Å². The average molecular weight is 721 g/mol. The van der Waals surface area contributed by atoms with Gasteiger partial charge in [-0.3, -0.25) is 9.69 Å². The van der Waals surface area contributed by atoms with E-state index in [1.165, 1.54) is 17.7 Å². The first-order valence-electron chi connectivity index (χ1n) is 14.1. The van der Waals surface area contributed by atoms with Gasteiger partial charge in [-0.25, -0.2) is 14.0 Å². The molecule has 1 heterocycles. The molecule has 1 unspecified atom stereocenters. The number of hydrogen-bond acceptors (Lipinski definition) is 7. The van der Waals surface area contributed by atoms with Gasteiger partial charge >= 0.3 is 30.3 Å². The van der Waals surface area contributed by atoms with E-state index in [1.54, 1.807) is 6.92 Å². The van der Waals surface area contributed by atoms with E-state index in [9.17, 15) is 40.6 Å². The molecule has 0 radical (unpaired) electrons. The van der Waals surface area contributed by atoms with Crippen LogP contribution in [0.2, 0.25) is 5.02 Å². The first-order chi connectivity index (χ1) is 21.9. The van der Waals surface area contributed by atoms with Gasteiger partial charge in [0.05, 0.1) is 6.42 Å². The van der Waals surface area contributed by atoms with Crippen LogP contribution in [0.1, 0.15) is 38.3 Å². The number of aliphatic carboxylic acids is 3. The lowest BCUT2D eigenvalue weighted by atomic mass is 9.88. The van der Waals surface area contributed by atoms with Crippen molar-refractivity contribution in [2.45, 2.75) is 70.2 Å². The predicted octanol–water partition coefficient (Wildman–Crippen LogP) is 5.39. The Bertz CT molecular complexity index is 1330. The summed E-state index contributed by atoms with van der Waals surface area (Å²) in [6.45, 7) is 8.08. The Morgan fingerprint density at radius 3 is 1.96 bits per heavy atom. The van der Waals surface area contributed by atoms with Crippen LogP contribution in [-0.2, 0) is 27.3 Å². The van der Waals surface area contributed by atoms with Gasteiger partial charge in [0.15, 0.2) is 0 Å². The van der Waals surface area contributed by atoms with Crippen molar-refractivity contribution >= 4 is 29.5 Å². The molecule has 0 saturated carbocycles. The predicted molar refractivity (Wildman–Crippen MR) is 158 cm³/mol. The maximum Gasteiger partial charge on any atom is 0.490 e. The molecule has 1 saturated heterocycles. The fraction of sp³-hybridized carbons (Fsp3) is 0.500. The number of carboxylic acid groups (broad SMARTS) is 3. The molecular formula is C30H36ClF7N2O8. The molecule has 0 aromatic heterocycles. The summed E-state index contributed by atoms with van der Waals surface area (Å²) in [7, 11) is 0. The number of aliphatic hydroxyl groups is 1. The van der Waals surface area contributed by atoms with Crippen LogP contribution in [-0.4, -0.2) is 93.0 Å². The van der Waals surface area contributed by atoms with E-state index in [0.29, 0.717) is 24.1 Å². The summed E-state index contributed by atoms with van der Waals surface area (Å²) in [4.78, 5) is 31.3. The van der Waals surface area contributed by atoms with Crippen molar-refractivity contribution < 1.29 is 70.3 Å². The zero-order valence-electron chi connectivity index (χ0n) is 25.9. The number of nitrogens with one attached hydrogen (secondary N) is 1. The van der Waals surface area contributed by atoms with E-state index in [4.69, 9.17) is 41.2 Å². The van der Waals surface area contributed by atoms with Gasteiger partial charge in [-0.1, -0.05) is 36.7 Å². The summed E-state index contributed by atoms with van der Waals surface area (Å²) >= 11 is 6.00. The highest BCUT2D eigenvalue weighted by Crippen LogP contribution is 2.26. The minimum absolute atomic E-state index is 0.0879. The molecule has 10 nitrogen and oxygen atoms in total. The van der Waals surface area contributed by atoms with E-state index in [-0.39, 0.29) is 24.8 Å². The first-order valence-corrected chi connectivity index (χ1v) is 14.5. The molecule has 3 rings (SSSR count). The summed E-state index contributed by atoms with van der Waals surface area (Å²) in [6.07, 6.45) is -9.50. The third-order valence-corrected chi connectivity index (χ3v) is 7.12. The van der Waals surface area contributed by atoms with Crippen LogP contribution in [0.15, 0.2) is 42.5 Å². The lowest BCUT2D eigenvalue weighted by Gasteiger charge is -2.43. The number of hydrogen-bond donors (Lipinski definition) is 5. The molecule has 18 heteroatoms. The van der Waals surface area contributed by atoms with Crippen molar-refractivity contribution in [1.29, 1.82) is 0 Å². The molecule has 2 aromatic carbocycles. The number of alkyl halides is 6. The summed E-state index contributed by atoms with van der Waals surface area (Å²) < 4.78 is 82.8. The monoisotopic (exact) mass is 720 g/mol. The van der Waals surface area contributed by atoms with Gasteiger partial charge in [0.2, 0.25) is 0 Å². The molecule has 1 aliphatic heterocycles. The summed E-state index contributed by atoms with van der Waals surface area (Å²) in [5.41, 5.74) is 0.388. The van der Waals surface area contributed by atoms with Crippen molar-refractivity contribution in [3.05, 3.63) is 64.4 Å². The van der Waals surface area contributed by atoms with Crippen molar-refractivity contribution in [2.75, 3.05) is 19.7 Å². The van der Waals surface area contributed by atoms with Crippen molar-refractivity contribution in [1.82, 2.24) is 10.2 Å². The molecule has 0 aliphatic carbocycles. The van der Waals surface area contributed by atoms with Crippen LogP contribution in [0.5, 0.6) is 5.75 Å². The zero-order chi connectivity index (χ0) is 37.0. The van der Waals surface area contributed by atoms with E-state index in [1.807, 2.05) is 12.1 Å². The van der Waals surface area contributed by atoms with Gasteiger partial charge in [0, 0.05) is 48.4 Å². The molecule has 0 bridgehead atoms. The molecule has 0 amide bonds. The van der Waals surface area contributed by atoms with Crippen LogP contribution in [0.4, 0.5) is 30.7 Å². The van der Waals surface area contributed by atoms with Crippen LogP contribution in [0, 0.1) is 11.7 Å². The van der Waals surface area contributed by atoms with Gasteiger partial charge < -0.3 is 30.5 Å². The van der Waals surface area contributed by atoms with Crippen LogP contribution in [0.3, 0.4) is 0 Å². The van der Waals surface area contributed by atoms with Gasteiger partial charge in [-0.2, -0.15) is 26.3 Å². The van der Waals surface area contributed by atoms with Crippen molar-refractivity contribution in [2.24, 2.45) is 5.92 Å². The molecule has 1 aliphatic rings. The number of carbonyl (C=O) groups is 3. The number of rotatable bonds is 10. The molecule has 0 spiro atoms. The third-order valence-electron chi connectivity index (χ3n) is 6.87. The number of ether oxygens (including phenoxy) is 1. The second-order valence-electron chi connectivity index (χ2n) is 11.3. The largest absolute Gasteiger partial charge is 0.490 e. The number of halogens is 8. The molecule has 1 fully saturated rings. The second kappa shape index (κ2) is 18.2. The minimum atomic E-state index is -5.08. The molecule has 270 valence electrons. The van der Waals surface area contributed by atoms with Gasteiger partial charge in [0.1, 0.15) is 23.8 Å². The van der Waals surface area contributed by atoms with E-state index in [2.05, 4.69) is 36.2 Å². The Hall–Kier alpha value is -3.67. The molecular weight excluding hydrogens is 685 g/mol. The SMILES string of the molecule is C[C@H]1CN(Cc2ccc(Cl)cc2)[C@@H](C)C[C@H]1NCC(C)(O)COc1cc(F)ccc1CC(=O)O.O=C(O)C(F)(F)F.O=C(O)C(F)(F)F. The lowest BCUT2D eigenvalue weighted by molar-refractivity contribution is -0.193. The maximum atomic E-state index is 13.6. The van der Waals surface area contributed by atoms with Gasteiger partial charge in [-0.15, -0.1) is 0 Å². The fourth-order valence-electron chi connectivity index (χ4n) is 4.36. The number of piperidine rings is 1. The molecule has 2 aromatic rings. The summed E-state index contributed by atoms with van der Waals surface area (Å²) in [5.74, 6) is -6.55. The number of likely N-dealkylation sites (tertiary alicyclic amines) is 1. The standard InChI is InChI=1S/C26H34ClFN2O4.2C2HF3O2/c1-17-13-30(14-19-4-7-21(27)8-5-19)18(2)10-23(17)29-15-26(3,33)16-34-24-12-22(28)9-6-20(24)11-25(31)32;2*3-2(4,5)1(6)7/h4-9,12,17-18,23,29,33H,10-11,13-16H2,1-3H3,(H,31,32);2*(H,6,7)/t17-,18-,23+,26?;;/m0../s1. The summed E-state index contributed by atoms with van der Waals surface area (Å²) in [5, 5.41) is 38.4. The first kappa shape index (κ1) is 42.4. The van der Waals surface area contributed by atoms with Gasteiger partial charge in [-0.05, 0) is 49.9 Å². The van der Waals surface area contributed by atoms with Gasteiger partial charge in [0.25, 0.3) is 0 Å². The number of nitrogens with zero attached hydrogens (tertiary/aromatic N) is 1. The quantitative estimate of drug-likeness (QED) is 0.202. The Kier molecular flexibility index (Phi) is 16.1. The summed E-state index contributed by atoms with van der Waals surface area (Å²) in [6, 6.07) is 12.3. The Morgan fingerprint density at radius 2 is 1.48 bits per heavy atom. The van der Waals surface area contributed by atoms with Crippen molar-refractivity contribution in [3.63, 3.8) is 0 Å². The fourth-order valence-corrected chi connectivity index (χ4v) is 4.49. The Labute approximate surface area is 276 Å². The molecule has 5 N–H and O–H groups in total. The normalized spacial score (nSPS) is 19.5. The molecule has 4 atom stereocenters. The van der Waals surface area contributed by atoms with E-state index < -0.39 is 41.7 Å². The lowest BCUT2D eigenvalue weighted by Crippen LogP contribution is -2.55. The zero-order valence-corrected chi connectivity index (χ0v) is 26.7. The Balaban J connectivity index is 0.000000687. The van der Waals surface area contributed by atoms with Crippen molar-refractivity contribution in [3.8, 4) is 5.75 Å². The minimum Gasteiger partial charge on any atom is -0.490 e.